The van der Waals surface area contributed by atoms with Gasteiger partial charge in [0.1, 0.15) is 5.75 Å². The molecule has 0 bridgehead atoms. The Kier molecular flexibility index (Phi) is 5.73. The van der Waals surface area contributed by atoms with E-state index in [4.69, 9.17) is 9.84 Å². The smallest absolute Gasteiger partial charge is 0.350 e. The summed E-state index contributed by atoms with van der Waals surface area (Å²) in [5.41, 5.74) is 1.10. The highest BCUT2D eigenvalue weighted by atomic mass is 16.5. The van der Waals surface area contributed by atoms with Gasteiger partial charge in [-0.05, 0) is 36.8 Å². The first kappa shape index (κ1) is 19.2. The second kappa shape index (κ2) is 8.38. The molecule has 0 spiro atoms. The van der Waals surface area contributed by atoms with Crippen LogP contribution in [0.4, 0.5) is 0 Å². The van der Waals surface area contributed by atoms with Crippen molar-refractivity contribution in [3.8, 4) is 5.75 Å². The number of carbonyl (C=O) groups excluding carboxylic acids is 1. The Bertz CT molecular complexity index is 1040. The summed E-state index contributed by atoms with van der Waals surface area (Å²) in [6.45, 7) is 1.61. The average Bonchev–Trinajstić information content (AvgIpc) is 3.01. The molecular weight excluding hydrogens is 364 g/mol. The number of hydrogen-bond donors (Lipinski definition) is 2. The maximum Gasteiger partial charge on any atom is 0.350 e. The van der Waals surface area contributed by atoms with E-state index in [0.717, 1.165) is 5.56 Å². The lowest BCUT2D eigenvalue weighted by Gasteiger charge is -2.15. The van der Waals surface area contributed by atoms with E-state index in [0.29, 0.717) is 11.4 Å². The van der Waals surface area contributed by atoms with Crippen molar-refractivity contribution in [2.24, 2.45) is 0 Å². The van der Waals surface area contributed by atoms with Crippen molar-refractivity contribution in [1.29, 1.82) is 0 Å². The van der Waals surface area contributed by atoms with E-state index in [1.807, 2.05) is 6.92 Å². The van der Waals surface area contributed by atoms with Gasteiger partial charge in [0.2, 0.25) is 5.91 Å². The molecule has 3 aromatic rings. The SMILES string of the molecule is CC(NC(=O)CCn1nc2ccccn2c1=O)c1ccc(OCC(=O)O)cc1. The molecule has 0 aliphatic rings. The van der Waals surface area contributed by atoms with Crippen LogP contribution in [0.3, 0.4) is 0 Å². The summed E-state index contributed by atoms with van der Waals surface area (Å²) >= 11 is 0. The van der Waals surface area contributed by atoms with Gasteiger partial charge < -0.3 is 15.2 Å². The molecule has 146 valence electrons. The zero-order valence-corrected chi connectivity index (χ0v) is 15.2. The van der Waals surface area contributed by atoms with Crippen LogP contribution in [-0.4, -0.2) is 37.8 Å². The number of amides is 1. The third-order valence-electron chi connectivity index (χ3n) is 4.16. The van der Waals surface area contributed by atoms with Gasteiger partial charge in [0.25, 0.3) is 0 Å². The molecule has 1 atom stereocenters. The summed E-state index contributed by atoms with van der Waals surface area (Å²) in [5.74, 6) is -0.812. The van der Waals surface area contributed by atoms with Crippen LogP contribution >= 0.6 is 0 Å². The molecule has 0 saturated heterocycles. The zero-order valence-electron chi connectivity index (χ0n) is 15.2. The fraction of sp³-hybridized carbons (Fsp3) is 0.263. The largest absolute Gasteiger partial charge is 0.482 e. The maximum absolute atomic E-state index is 12.2. The van der Waals surface area contributed by atoms with Crippen molar-refractivity contribution in [3.63, 3.8) is 0 Å². The van der Waals surface area contributed by atoms with Crippen LogP contribution in [0.15, 0.2) is 53.5 Å². The van der Waals surface area contributed by atoms with E-state index in [1.165, 1.54) is 9.08 Å². The number of hydrogen-bond acceptors (Lipinski definition) is 5. The van der Waals surface area contributed by atoms with Crippen molar-refractivity contribution in [2.75, 3.05) is 6.61 Å². The summed E-state index contributed by atoms with van der Waals surface area (Å²) in [7, 11) is 0. The molecule has 2 N–H and O–H groups in total. The predicted molar refractivity (Wildman–Crippen MR) is 100 cm³/mol. The number of nitrogens with zero attached hydrogens (tertiary/aromatic N) is 3. The van der Waals surface area contributed by atoms with Crippen LogP contribution in [-0.2, 0) is 16.1 Å². The number of benzene rings is 1. The molecule has 28 heavy (non-hydrogen) atoms. The molecule has 3 rings (SSSR count). The minimum atomic E-state index is -1.05. The fourth-order valence-corrected chi connectivity index (χ4v) is 2.72. The maximum atomic E-state index is 12.2. The monoisotopic (exact) mass is 384 g/mol. The van der Waals surface area contributed by atoms with Crippen molar-refractivity contribution in [1.82, 2.24) is 19.5 Å². The Morgan fingerprint density at radius 3 is 2.64 bits per heavy atom. The summed E-state index contributed by atoms with van der Waals surface area (Å²) in [5, 5.41) is 15.7. The fourth-order valence-electron chi connectivity index (χ4n) is 2.72. The molecule has 1 aromatic carbocycles. The number of carbonyl (C=O) groups is 2. The molecule has 0 saturated carbocycles. The molecule has 0 fully saturated rings. The molecule has 0 aliphatic heterocycles. The van der Waals surface area contributed by atoms with Gasteiger partial charge >= 0.3 is 11.7 Å². The molecule has 1 amide bonds. The Morgan fingerprint density at radius 2 is 1.96 bits per heavy atom. The van der Waals surface area contributed by atoms with Crippen LogP contribution in [0.25, 0.3) is 5.65 Å². The van der Waals surface area contributed by atoms with Crippen molar-refractivity contribution in [3.05, 3.63) is 64.7 Å². The van der Waals surface area contributed by atoms with E-state index in [-0.39, 0.29) is 30.6 Å². The van der Waals surface area contributed by atoms with Gasteiger partial charge in [0, 0.05) is 12.6 Å². The predicted octanol–water partition coefficient (Wildman–Crippen LogP) is 1.23. The van der Waals surface area contributed by atoms with Crippen molar-refractivity contribution in [2.45, 2.75) is 25.9 Å². The second-order valence-corrected chi connectivity index (χ2v) is 6.23. The number of aromatic nitrogens is 3. The number of aliphatic carboxylic acids is 1. The van der Waals surface area contributed by atoms with Crippen LogP contribution in [0, 0.1) is 0 Å². The number of ether oxygens (including phenoxy) is 1. The minimum absolute atomic E-state index is 0.119. The number of aryl methyl sites for hydroxylation is 1. The first-order chi connectivity index (χ1) is 13.4. The number of nitrogens with one attached hydrogen (secondary N) is 1. The highest BCUT2D eigenvalue weighted by molar-refractivity contribution is 5.76. The summed E-state index contributed by atoms with van der Waals surface area (Å²) in [4.78, 5) is 34.9. The third-order valence-corrected chi connectivity index (χ3v) is 4.16. The van der Waals surface area contributed by atoms with Crippen molar-refractivity contribution < 1.29 is 19.4 Å². The molecule has 2 heterocycles. The Morgan fingerprint density at radius 1 is 1.21 bits per heavy atom. The van der Waals surface area contributed by atoms with Crippen LogP contribution < -0.4 is 15.7 Å². The number of rotatable bonds is 8. The Labute approximate surface area is 160 Å². The molecule has 9 nitrogen and oxygen atoms in total. The lowest BCUT2D eigenvalue weighted by molar-refractivity contribution is -0.139. The molecule has 0 aliphatic carbocycles. The summed E-state index contributed by atoms with van der Waals surface area (Å²) < 4.78 is 7.78. The number of pyridine rings is 1. The summed E-state index contributed by atoms with van der Waals surface area (Å²) in [6, 6.07) is 11.8. The first-order valence-corrected chi connectivity index (χ1v) is 8.72. The van der Waals surface area contributed by atoms with Crippen LogP contribution in [0.1, 0.15) is 24.9 Å². The minimum Gasteiger partial charge on any atom is -0.482 e. The van der Waals surface area contributed by atoms with E-state index < -0.39 is 12.6 Å². The molecular formula is C19H20N4O5. The molecule has 0 radical (unpaired) electrons. The molecule has 1 unspecified atom stereocenters. The van der Waals surface area contributed by atoms with Gasteiger partial charge in [-0.25, -0.2) is 14.3 Å². The van der Waals surface area contributed by atoms with Gasteiger partial charge in [0.15, 0.2) is 12.3 Å². The quantitative estimate of drug-likeness (QED) is 0.604. The van der Waals surface area contributed by atoms with E-state index in [9.17, 15) is 14.4 Å². The lowest BCUT2D eigenvalue weighted by Crippen LogP contribution is -2.29. The highest BCUT2D eigenvalue weighted by Crippen LogP contribution is 2.17. The third kappa shape index (κ3) is 4.56. The van der Waals surface area contributed by atoms with Crippen LogP contribution in [0.2, 0.25) is 0 Å². The standard InChI is InChI=1S/C19H20N4O5/c1-13(14-5-7-15(8-6-14)28-12-18(25)26)20-17(24)9-11-23-19(27)22-10-3-2-4-16(22)21-23/h2-8,10,13H,9,11-12H2,1H3,(H,20,24)(H,25,26). The number of carboxylic acid groups (broad SMARTS) is 1. The summed E-state index contributed by atoms with van der Waals surface area (Å²) in [6.07, 6.45) is 1.75. The number of carboxylic acids is 1. The van der Waals surface area contributed by atoms with Gasteiger partial charge in [-0.1, -0.05) is 18.2 Å². The van der Waals surface area contributed by atoms with Gasteiger partial charge in [-0.2, -0.15) is 0 Å². The Hall–Kier alpha value is -3.62. The molecule has 2 aromatic heterocycles. The van der Waals surface area contributed by atoms with Gasteiger partial charge in [-0.3, -0.25) is 9.20 Å². The molecule has 9 heteroatoms. The van der Waals surface area contributed by atoms with E-state index in [1.54, 1.807) is 48.7 Å². The zero-order chi connectivity index (χ0) is 20.1. The van der Waals surface area contributed by atoms with Gasteiger partial charge in [0.05, 0.1) is 12.6 Å². The first-order valence-electron chi connectivity index (χ1n) is 8.72. The number of fused-ring (bicyclic) bond motifs is 1. The van der Waals surface area contributed by atoms with E-state index >= 15 is 0 Å². The Balaban J connectivity index is 1.54. The van der Waals surface area contributed by atoms with Gasteiger partial charge in [-0.15, -0.1) is 5.10 Å². The van der Waals surface area contributed by atoms with Crippen LogP contribution in [0.5, 0.6) is 5.75 Å². The van der Waals surface area contributed by atoms with E-state index in [2.05, 4.69) is 10.4 Å². The second-order valence-electron chi connectivity index (χ2n) is 6.23. The highest BCUT2D eigenvalue weighted by Gasteiger charge is 2.12. The topological polar surface area (TPSA) is 115 Å². The average molecular weight is 384 g/mol. The lowest BCUT2D eigenvalue weighted by atomic mass is 10.1. The van der Waals surface area contributed by atoms with Crippen molar-refractivity contribution >= 4 is 17.5 Å². The normalized spacial score (nSPS) is 11.9.